The maximum absolute atomic E-state index is 12.0. The van der Waals surface area contributed by atoms with Crippen LogP contribution in [0.2, 0.25) is 5.02 Å². The molecular weight excluding hydrogens is 320 g/mol. The average Bonchev–Trinajstić information content (AvgIpc) is 2.35. The molecule has 2 heterocycles. The Balaban J connectivity index is 2.28. The fraction of sp³-hybridized carbons (Fsp3) is 0. The molecule has 0 bridgehead atoms. The van der Waals surface area contributed by atoms with Crippen LogP contribution in [-0.2, 0) is 0 Å². The van der Waals surface area contributed by atoms with Crippen molar-refractivity contribution >= 4 is 45.1 Å². The van der Waals surface area contributed by atoms with E-state index in [9.17, 15) is 4.79 Å². The third-order valence-electron chi connectivity index (χ3n) is 2.12. The highest BCUT2D eigenvalue weighted by Gasteiger charge is 2.13. The summed E-state index contributed by atoms with van der Waals surface area (Å²) >= 11 is 9.12. The van der Waals surface area contributed by atoms with E-state index in [-0.39, 0.29) is 17.2 Å². The Morgan fingerprint density at radius 2 is 2.22 bits per heavy atom. The largest absolute Gasteiger partial charge is 0.383 e. The van der Waals surface area contributed by atoms with Crippen molar-refractivity contribution in [2.45, 2.75) is 0 Å². The van der Waals surface area contributed by atoms with E-state index < -0.39 is 5.91 Å². The Morgan fingerprint density at radius 3 is 2.94 bits per heavy atom. The van der Waals surface area contributed by atoms with Crippen molar-refractivity contribution < 1.29 is 4.79 Å². The van der Waals surface area contributed by atoms with Gasteiger partial charge in [0.05, 0.1) is 10.6 Å². The van der Waals surface area contributed by atoms with Gasteiger partial charge in [-0.25, -0.2) is 9.97 Å². The second-order valence-corrected chi connectivity index (χ2v) is 4.70. The van der Waals surface area contributed by atoms with Crippen LogP contribution in [0.25, 0.3) is 0 Å². The number of nitrogens with one attached hydrogen (secondary N) is 1. The number of hydrogen-bond acceptors (Lipinski definition) is 4. The molecule has 2 aromatic rings. The number of pyridine rings is 2. The summed E-state index contributed by atoms with van der Waals surface area (Å²) in [5.74, 6) is 0.00759. The lowest BCUT2D eigenvalue weighted by atomic mass is 10.2. The summed E-state index contributed by atoms with van der Waals surface area (Å²) in [5.41, 5.74) is 5.89. The molecule has 92 valence electrons. The van der Waals surface area contributed by atoms with Crippen molar-refractivity contribution in [1.82, 2.24) is 9.97 Å². The van der Waals surface area contributed by atoms with Gasteiger partial charge in [-0.3, -0.25) is 4.79 Å². The number of hydrogen-bond donors (Lipinski definition) is 2. The molecule has 0 atom stereocenters. The molecule has 0 saturated heterocycles. The number of halogens is 2. The zero-order valence-corrected chi connectivity index (χ0v) is 11.4. The quantitative estimate of drug-likeness (QED) is 0.888. The third kappa shape index (κ3) is 2.77. The van der Waals surface area contributed by atoms with Crippen LogP contribution in [0.1, 0.15) is 10.4 Å². The first kappa shape index (κ1) is 12.8. The van der Waals surface area contributed by atoms with Gasteiger partial charge in [0.15, 0.2) is 5.82 Å². The first-order chi connectivity index (χ1) is 8.58. The van der Waals surface area contributed by atoms with Crippen LogP contribution >= 0.6 is 27.5 Å². The fourth-order valence-corrected chi connectivity index (χ4v) is 1.78. The topological polar surface area (TPSA) is 80.9 Å². The SMILES string of the molecule is Nc1ncc(Br)cc1C(=O)Nc1ncccc1Cl. The van der Waals surface area contributed by atoms with Gasteiger partial charge in [0.2, 0.25) is 0 Å². The highest BCUT2D eigenvalue weighted by molar-refractivity contribution is 9.10. The number of aromatic nitrogens is 2. The molecule has 0 aliphatic carbocycles. The Hall–Kier alpha value is -1.66. The van der Waals surface area contributed by atoms with Crippen molar-refractivity contribution in [2.75, 3.05) is 11.1 Å². The van der Waals surface area contributed by atoms with Gasteiger partial charge in [-0.2, -0.15) is 0 Å². The van der Waals surface area contributed by atoms with Crippen molar-refractivity contribution in [3.8, 4) is 0 Å². The second-order valence-electron chi connectivity index (χ2n) is 3.37. The van der Waals surface area contributed by atoms with Gasteiger partial charge in [0, 0.05) is 16.9 Å². The summed E-state index contributed by atoms with van der Waals surface area (Å²) in [6.45, 7) is 0. The number of nitrogens with zero attached hydrogens (tertiary/aromatic N) is 2. The molecule has 2 rings (SSSR count). The van der Waals surface area contributed by atoms with Crippen LogP contribution in [0.15, 0.2) is 35.1 Å². The van der Waals surface area contributed by atoms with Gasteiger partial charge in [-0.15, -0.1) is 0 Å². The lowest BCUT2D eigenvalue weighted by Gasteiger charge is -2.07. The molecule has 0 unspecified atom stereocenters. The predicted molar refractivity (Wildman–Crippen MR) is 73.5 cm³/mol. The number of carbonyl (C=O) groups is 1. The highest BCUT2D eigenvalue weighted by Crippen LogP contribution is 2.20. The van der Waals surface area contributed by atoms with Crippen LogP contribution in [0, 0.1) is 0 Å². The van der Waals surface area contributed by atoms with Crippen LogP contribution < -0.4 is 11.1 Å². The number of carbonyl (C=O) groups excluding carboxylic acids is 1. The molecule has 5 nitrogen and oxygen atoms in total. The minimum atomic E-state index is -0.415. The minimum absolute atomic E-state index is 0.141. The number of amides is 1. The standard InChI is InChI=1S/C11H8BrClN4O/c12-6-4-7(9(14)16-5-6)11(18)17-10-8(13)2-1-3-15-10/h1-5H,(H2,14,16)(H,15,17,18). The minimum Gasteiger partial charge on any atom is -0.383 e. The second kappa shape index (κ2) is 5.32. The lowest BCUT2D eigenvalue weighted by molar-refractivity contribution is 0.102. The van der Waals surface area contributed by atoms with E-state index in [1.165, 1.54) is 12.4 Å². The molecule has 18 heavy (non-hydrogen) atoms. The van der Waals surface area contributed by atoms with Gasteiger partial charge in [0.25, 0.3) is 5.91 Å². The van der Waals surface area contributed by atoms with Gasteiger partial charge in [0.1, 0.15) is 5.82 Å². The number of anilines is 2. The number of rotatable bonds is 2. The van der Waals surface area contributed by atoms with E-state index in [1.807, 2.05) is 0 Å². The molecule has 1 amide bonds. The molecule has 0 saturated carbocycles. The van der Waals surface area contributed by atoms with E-state index >= 15 is 0 Å². The molecule has 3 N–H and O–H groups in total. The molecule has 0 radical (unpaired) electrons. The van der Waals surface area contributed by atoms with Crippen molar-refractivity contribution in [1.29, 1.82) is 0 Å². The van der Waals surface area contributed by atoms with Crippen molar-refractivity contribution in [3.05, 3.63) is 45.7 Å². The van der Waals surface area contributed by atoms with Crippen LogP contribution in [0.4, 0.5) is 11.6 Å². The highest BCUT2D eigenvalue weighted by atomic mass is 79.9. The summed E-state index contributed by atoms with van der Waals surface area (Å²) in [5, 5.41) is 2.93. The molecule has 0 aromatic carbocycles. The van der Waals surface area contributed by atoms with Gasteiger partial charge >= 0.3 is 0 Å². The molecule has 0 fully saturated rings. The number of nitrogen functional groups attached to an aromatic ring is 1. The normalized spacial score (nSPS) is 10.1. The van der Waals surface area contributed by atoms with Crippen LogP contribution in [-0.4, -0.2) is 15.9 Å². The Kier molecular flexibility index (Phi) is 3.78. The van der Waals surface area contributed by atoms with Gasteiger partial charge < -0.3 is 11.1 Å². The summed E-state index contributed by atoms with van der Waals surface area (Å²) in [6, 6.07) is 4.88. The summed E-state index contributed by atoms with van der Waals surface area (Å²) in [4.78, 5) is 19.8. The maximum Gasteiger partial charge on any atom is 0.260 e. The van der Waals surface area contributed by atoms with Crippen molar-refractivity contribution in [3.63, 3.8) is 0 Å². The van der Waals surface area contributed by atoms with Crippen LogP contribution in [0.5, 0.6) is 0 Å². The number of nitrogens with two attached hydrogens (primary N) is 1. The third-order valence-corrected chi connectivity index (χ3v) is 2.86. The molecule has 2 aromatic heterocycles. The van der Waals surface area contributed by atoms with Gasteiger partial charge in [-0.05, 0) is 34.1 Å². The van der Waals surface area contributed by atoms with Crippen LogP contribution in [0.3, 0.4) is 0 Å². The predicted octanol–water partition coefficient (Wildman–Crippen LogP) is 2.73. The van der Waals surface area contributed by atoms with E-state index in [2.05, 4.69) is 31.2 Å². The molecule has 7 heteroatoms. The Morgan fingerprint density at radius 1 is 1.44 bits per heavy atom. The molecule has 0 aliphatic heterocycles. The van der Waals surface area contributed by atoms with E-state index in [0.717, 1.165) is 0 Å². The smallest absolute Gasteiger partial charge is 0.260 e. The van der Waals surface area contributed by atoms with Gasteiger partial charge in [-0.1, -0.05) is 11.6 Å². The van der Waals surface area contributed by atoms with E-state index in [1.54, 1.807) is 18.2 Å². The average molecular weight is 328 g/mol. The maximum atomic E-state index is 12.0. The Bertz CT molecular complexity index is 605. The monoisotopic (exact) mass is 326 g/mol. The summed E-state index contributed by atoms with van der Waals surface area (Å²) in [6.07, 6.45) is 3.05. The van der Waals surface area contributed by atoms with E-state index in [4.69, 9.17) is 17.3 Å². The summed E-state index contributed by atoms with van der Waals surface area (Å²) in [7, 11) is 0. The summed E-state index contributed by atoms with van der Waals surface area (Å²) < 4.78 is 0.661. The molecule has 0 aliphatic rings. The lowest BCUT2D eigenvalue weighted by Crippen LogP contribution is -2.16. The molecular formula is C11H8BrClN4O. The molecule has 0 spiro atoms. The fourth-order valence-electron chi connectivity index (χ4n) is 1.28. The Labute approximate surface area is 117 Å². The first-order valence-corrected chi connectivity index (χ1v) is 6.08. The van der Waals surface area contributed by atoms with E-state index in [0.29, 0.717) is 9.50 Å². The first-order valence-electron chi connectivity index (χ1n) is 4.91. The zero-order chi connectivity index (χ0) is 13.1. The zero-order valence-electron chi connectivity index (χ0n) is 9.02. The van der Waals surface area contributed by atoms with Crippen molar-refractivity contribution in [2.24, 2.45) is 0 Å².